The number of nitrogens with zero attached hydrogens (tertiary/aromatic N) is 1. The molecule has 0 aromatic heterocycles. The van der Waals surface area contributed by atoms with Gasteiger partial charge in [-0.2, -0.15) is 0 Å². The van der Waals surface area contributed by atoms with Crippen LogP contribution in [0.25, 0.3) is 0 Å². The molecule has 0 radical (unpaired) electrons. The number of nitrogen functional groups attached to an aromatic ring is 1. The van der Waals surface area contributed by atoms with Gasteiger partial charge in [-0.25, -0.2) is 0 Å². The van der Waals surface area contributed by atoms with Gasteiger partial charge in [0.1, 0.15) is 0 Å². The monoisotopic (exact) mass is 297 g/mol. The van der Waals surface area contributed by atoms with Crippen LogP contribution in [0.2, 0.25) is 0 Å². The van der Waals surface area contributed by atoms with E-state index in [0.717, 1.165) is 24.3 Å². The van der Waals surface area contributed by atoms with Crippen LogP contribution in [0.5, 0.6) is 0 Å². The molecule has 0 aliphatic rings. The summed E-state index contributed by atoms with van der Waals surface area (Å²) in [5.41, 5.74) is 9.41. The van der Waals surface area contributed by atoms with Crippen molar-refractivity contribution >= 4 is 17.3 Å². The van der Waals surface area contributed by atoms with Crippen molar-refractivity contribution in [1.82, 2.24) is 4.90 Å². The molecule has 4 heteroatoms. The summed E-state index contributed by atoms with van der Waals surface area (Å²) in [5, 5.41) is 2.94. The molecule has 0 aliphatic heterocycles. The fourth-order valence-corrected chi connectivity index (χ4v) is 2.29. The highest BCUT2D eigenvalue weighted by atomic mass is 16.2. The number of nitrogens with two attached hydrogens (primary N) is 1. The van der Waals surface area contributed by atoms with Gasteiger partial charge in [0.05, 0.1) is 6.54 Å². The van der Waals surface area contributed by atoms with Gasteiger partial charge in [-0.3, -0.25) is 9.69 Å². The topological polar surface area (TPSA) is 58.4 Å². The molecule has 0 fully saturated rings. The molecule has 1 amide bonds. The van der Waals surface area contributed by atoms with E-state index in [2.05, 4.69) is 29.3 Å². The molecule has 0 bridgehead atoms. The largest absolute Gasteiger partial charge is 0.399 e. The number of amides is 1. The van der Waals surface area contributed by atoms with E-state index in [9.17, 15) is 4.79 Å². The Hall–Kier alpha value is -2.33. The van der Waals surface area contributed by atoms with Gasteiger partial charge in [0.25, 0.3) is 0 Å². The van der Waals surface area contributed by atoms with Crippen LogP contribution < -0.4 is 11.1 Å². The zero-order valence-corrected chi connectivity index (χ0v) is 13.2. The first-order valence-electron chi connectivity index (χ1n) is 7.50. The summed E-state index contributed by atoms with van der Waals surface area (Å²) in [6.45, 7) is 5.96. The van der Waals surface area contributed by atoms with Gasteiger partial charge in [0.2, 0.25) is 5.91 Å². The van der Waals surface area contributed by atoms with Gasteiger partial charge in [0.15, 0.2) is 0 Å². The van der Waals surface area contributed by atoms with Crippen molar-refractivity contribution in [2.75, 3.05) is 24.1 Å². The number of aryl methyl sites for hydroxylation is 1. The third-order valence-electron chi connectivity index (χ3n) is 3.60. The smallest absolute Gasteiger partial charge is 0.238 e. The van der Waals surface area contributed by atoms with Crippen molar-refractivity contribution in [3.05, 3.63) is 59.7 Å². The first-order valence-corrected chi connectivity index (χ1v) is 7.50. The average Bonchev–Trinajstić information content (AvgIpc) is 2.51. The van der Waals surface area contributed by atoms with Crippen LogP contribution in [0.15, 0.2) is 48.5 Å². The molecule has 2 rings (SSSR count). The van der Waals surface area contributed by atoms with E-state index < -0.39 is 0 Å². The van der Waals surface area contributed by atoms with Crippen LogP contribution in [0.1, 0.15) is 18.1 Å². The van der Waals surface area contributed by atoms with Crippen molar-refractivity contribution in [2.24, 2.45) is 0 Å². The summed E-state index contributed by atoms with van der Waals surface area (Å²) in [6, 6.07) is 15.7. The molecule has 4 nitrogen and oxygen atoms in total. The van der Waals surface area contributed by atoms with Crippen LogP contribution in [0.3, 0.4) is 0 Å². The minimum atomic E-state index is -0.0218. The van der Waals surface area contributed by atoms with Crippen LogP contribution in [-0.2, 0) is 11.3 Å². The summed E-state index contributed by atoms with van der Waals surface area (Å²) < 4.78 is 0. The molecule has 2 aromatic rings. The molecule has 0 spiro atoms. The van der Waals surface area contributed by atoms with Crippen LogP contribution >= 0.6 is 0 Å². The molecular weight excluding hydrogens is 274 g/mol. The standard InChI is InChI=1S/C18H23N3O/c1-3-21(12-15-7-5-4-6-8-15)13-18(22)20-17-11-16(19)10-9-14(17)2/h4-11H,3,12-13,19H2,1-2H3,(H,20,22). The van der Waals surface area contributed by atoms with Gasteiger partial charge in [-0.05, 0) is 36.7 Å². The highest BCUT2D eigenvalue weighted by molar-refractivity contribution is 5.93. The quantitative estimate of drug-likeness (QED) is 0.806. The van der Waals surface area contributed by atoms with Crippen molar-refractivity contribution in [1.29, 1.82) is 0 Å². The summed E-state index contributed by atoms with van der Waals surface area (Å²) in [4.78, 5) is 14.3. The SMILES string of the molecule is CCN(CC(=O)Nc1cc(N)ccc1C)Cc1ccccc1. The fraction of sp³-hybridized carbons (Fsp3) is 0.278. The number of carbonyl (C=O) groups is 1. The highest BCUT2D eigenvalue weighted by Crippen LogP contribution is 2.18. The Kier molecular flexibility index (Phi) is 5.55. The second-order valence-corrected chi connectivity index (χ2v) is 5.41. The van der Waals surface area contributed by atoms with E-state index in [1.807, 2.05) is 37.3 Å². The summed E-state index contributed by atoms with van der Waals surface area (Å²) >= 11 is 0. The third-order valence-corrected chi connectivity index (χ3v) is 3.60. The number of benzene rings is 2. The van der Waals surface area contributed by atoms with E-state index in [1.165, 1.54) is 5.56 Å². The Morgan fingerprint density at radius 2 is 1.91 bits per heavy atom. The van der Waals surface area contributed by atoms with E-state index >= 15 is 0 Å². The van der Waals surface area contributed by atoms with Crippen LogP contribution in [0.4, 0.5) is 11.4 Å². The van der Waals surface area contributed by atoms with E-state index in [4.69, 9.17) is 5.73 Å². The molecule has 0 saturated carbocycles. The third kappa shape index (κ3) is 4.60. The first kappa shape index (κ1) is 16.0. The molecule has 0 aliphatic carbocycles. The summed E-state index contributed by atoms with van der Waals surface area (Å²) in [7, 11) is 0. The maximum Gasteiger partial charge on any atom is 0.238 e. The van der Waals surface area contributed by atoms with E-state index in [1.54, 1.807) is 6.07 Å². The normalized spacial score (nSPS) is 10.7. The molecular formula is C18H23N3O. The maximum absolute atomic E-state index is 12.2. The Labute approximate surface area is 131 Å². The minimum Gasteiger partial charge on any atom is -0.399 e. The fourth-order valence-electron chi connectivity index (χ4n) is 2.29. The van der Waals surface area contributed by atoms with Crippen molar-refractivity contribution in [3.8, 4) is 0 Å². The molecule has 0 atom stereocenters. The predicted octanol–water partition coefficient (Wildman–Crippen LogP) is 3.04. The zero-order chi connectivity index (χ0) is 15.9. The molecule has 22 heavy (non-hydrogen) atoms. The van der Waals surface area contributed by atoms with Gasteiger partial charge < -0.3 is 11.1 Å². The Morgan fingerprint density at radius 3 is 2.59 bits per heavy atom. The number of likely N-dealkylation sites (N-methyl/N-ethyl adjacent to an activating group) is 1. The molecule has 3 N–H and O–H groups in total. The number of hydrogen-bond donors (Lipinski definition) is 2. The van der Waals surface area contributed by atoms with Gasteiger partial charge in [-0.15, -0.1) is 0 Å². The van der Waals surface area contributed by atoms with Crippen molar-refractivity contribution < 1.29 is 4.79 Å². The van der Waals surface area contributed by atoms with E-state index in [-0.39, 0.29) is 5.91 Å². The number of carbonyl (C=O) groups excluding carboxylic acids is 1. The van der Waals surface area contributed by atoms with Gasteiger partial charge >= 0.3 is 0 Å². The highest BCUT2D eigenvalue weighted by Gasteiger charge is 2.11. The number of rotatable bonds is 6. The maximum atomic E-state index is 12.2. The molecule has 2 aromatic carbocycles. The lowest BCUT2D eigenvalue weighted by atomic mass is 10.2. The molecule has 0 saturated heterocycles. The number of nitrogens with one attached hydrogen (secondary N) is 1. The van der Waals surface area contributed by atoms with Crippen molar-refractivity contribution in [2.45, 2.75) is 20.4 Å². The van der Waals surface area contributed by atoms with Crippen LogP contribution in [0, 0.1) is 6.92 Å². The van der Waals surface area contributed by atoms with Gasteiger partial charge in [-0.1, -0.05) is 43.3 Å². The lowest BCUT2D eigenvalue weighted by molar-refractivity contribution is -0.117. The Balaban J connectivity index is 1.96. The molecule has 0 heterocycles. The Bertz CT molecular complexity index is 625. The second kappa shape index (κ2) is 7.61. The summed E-state index contributed by atoms with van der Waals surface area (Å²) in [6.07, 6.45) is 0. The van der Waals surface area contributed by atoms with Crippen molar-refractivity contribution in [3.63, 3.8) is 0 Å². The summed E-state index contributed by atoms with van der Waals surface area (Å²) in [5.74, 6) is -0.0218. The first-order chi connectivity index (χ1) is 10.6. The second-order valence-electron chi connectivity index (χ2n) is 5.41. The molecule has 0 unspecified atom stereocenters. The number of hydrogen-bond acceptors (Lipinski definition) is 3. The van der Waals surface area contributed by atoms with Gasteiger partial charge in [0, 0.05) is 17.9 Å². The Morgan fingerprint density at radius 1 is 1.18 bits per heavy atom. The minimum absolute atomic E-state index is 0.0218. The van der Waals surface area contributed by atoms with E-state index in [0.29, 0.717) is 12.2 Å². The predicted molar refractivity (Wildman–Crippen MR) is 91.6 cm³/mol. The average molecular weight is 297 g/mol. The lowest BCUT2D eigenvalue weighted by Crippen LogP contribution is -2.32. The van der Waals surface area contributed by atoms with Crippen LogP contribution in [-0.4, -0.2) is 23.9 Å². The zero-order valence-electron chi connectivity index (χ0n) is 13.2. The molecule has 116 valence electrons. The number of anilines is 2. The lowest BCUT2D eigenvalue weighted by Gasteiger charge is -2.20.